The molecule has 25 heavy (non-hydrogen) atoms. The van der Waals surface area contributed by atoms with Crippen molar-refractivity contribution in [2.45, 2.75) is 25.8 Å². The number of esters is 1. The van der Waals surface area contributed by atoms with Gasteiger partial charge in [0.1, 0.15) is 12.4 Å². The molecule has 1 aromatic carbocycles. The third-order valence-electron chi connectivity index (χ3n) is 3.79. The molecule has 0 aromatic heterocycles. The van der Waals surface area contributed by atoms with E-state index in [0.717, 1.165) is 18.4 Å². The molecular weight excluding hydrogens is 363 g/mol. The number of sulfonamides is 1. The van der Waals surface area contributed by atoms with Crippen molar-refractivity contribution in [1.29, 1.82) is 0 Å². The Morgan fingerprint density at radius 1 is 1.20 bits per heavy atom. The fraction of sp³-hybridized carbons (Fsp3) is 0.533. The summed E-state index contributed by atoms with van der Waals surface area (Å²) < 4.78 is 69.3. The minimum Gasteiger partial charge on any atom is -0.461 e. The molecule has 0 saturated carbocycles. The Hall–Kier alpha value is -1.81. The molecule has 1 saturated heterocycles. The van der Waals surface area contributed by atoms with E-state index >= 15 is 0 Å². The molecule has 0 amide bonds. The van der Waals surface area contributed by atoms with Crippen molar-refractivity contribution in [1.82, 2.24) is 4.31 Å². The number of benzene rings is 1. The van der Waals surface area contributed by atoms with Crippen LogP contribution in [0.2, 0.25) is 0 Å². The lowest BCUT2D eigenvalue weighted by molar-refractivity contribution is -0.274. The molecule has 0 atom stereocenters. The van der Waals surface area contributed by atoms with Crippen molar-refractivity contribution in [2.75, 3.05) is 19.3 Å². The number of rotatable bonds is 5. The molecule has 1 aromatic rings. The van der Waals surface area contributed by atoms with Crippen LogP contribution in [0.3, 0.4) is 0 Å². The SMILES string of the molecule is CS(=O)(=O)N1CCC(C(=O)OCc2ccc(OC(F)(F)F)cc2)CC1. The molecule has 10 heteroatoms. The summed E-state index contributed by atoms with van der Waals surface area (Å²) in [5, 5.41) is 0. The third-order valence-corrected chi connectivity index (χ3v) is 5.10. The van der Waals surface area contributed by atoms with Gasteiger partial charge in [-0.1, -0.05) is 12.1 Å². The maximum absolute atomic E-state index is 12.1. The summed E-state index contributed by atoms with van der Waals surface area (Å²) in [6.45, 7) is 0.460. The summed E-state index contributed by atoms with van der Waals surface area (Å²) in [4.78, 5) is 12.0. The van der Waals surface area contributed by atoms with Crippen molar-refractivity contribution in [3.05, 3.63) is 29.8 Å². The van der Waals surface area contributed by atoms with Gasteiger partial charge in [0.25, 0.3) is 0 Å². The first kappa shape index (κ1) is 19.5. The first-order valence-corrected chi connectivity index (χ1v) is 9.36. The van der Waals surface area contributed by atoms with E-state index in [1.807, 2.05) is 0 Å². The van der Waals surface area contributed by atoms with Gasteiger partial charge in [-0.15, -0.1) is 13.2 Å². The van der Waals surface area contributed by atoms with Gasteiger partial charge in [-0.25, -0.2) is 12.7 Å². The first-order chi connectivity index (χ1) is 11.5. The highest BCUT2D eigenvalue weighted by atomic mass is 32.2. The first-order valence-electron chi connectivity index (χ1n) is 7.51. The molecule has 1 fully saturated rings. The highest BCUT2D eigenvalue weighted by molar-refractivity contribution is 7.88. The van der Waals surface area contributed by atoms with Gasteiger partial charge < -0.3 is 9.47 Å². The Morgan fingerprint density at radius 3 is 2.24 bits per heavy atom. The van der Waals surface area contributed by atoms with Gasteiger partial charge in [0.2, 0.25) is 10.0 Å². The molecule has 1 aliphatic heterocycles. The van der Waals surface area contributed by atoms with E-state index in [9.17, 15) is 26.4 Å². The van der Waals surface area contributed by atoms with E-state index < -0.39 is 22.4 Å². The van der Waals surface area contributed by atoms with Crippen molar-refractivity contribution >= 4 is 16.0 Å². The average molecular weight is 381 g/mol. The Kier molecular flexibility index (Phi) is 5.94. The van der Waals surface area contributed by atoms with Crippen LogP contribution in [0.25, 0.3) is 0 Å². The van der Waals surface area contributed by atoms with E-state index in [1.165, 1.54) is 16.4 Å². The summed E-state index contributed by atoms with van der Waals surface area (Å²) in [7, 11) is -3.26. The van der Waals surface area contributed by atoms with Gasteiger partial charge in [0, 0.05) is 13.1 Å². The van der Waals surface area contributed by atoms with Gasteiger partial charge in [0.15, 0.2) is 0 Å². The molecule has 0 radical (unpaired) electrons. The number of alkyl halides is 3. The monoisotopic (exact) mass is 381 g/mol. The number of carbonyl (C=O) groups excluding carboxylic acids is 1. The lowest BCUT2D eigenvalue weighted by Gasteiger charge is -2.28. The van der Waals surface area contributed by atoms with E-state index in [1.54, 1.807) is 0 Å². The van der Waals surface area contributed by atoms with E-state index in [4.69, 9.17) is 4.74 Å². The minimum atomic E-state index is -4.76. The standard InChI is InChI=1S/C15H18F3NO5S/c1-25(21,22)19-8-6-12(7-9-19)14(20)23-10-11-2-4-13(5-3-11)24-15(16,17)18/h2-5,12H,6-10H2,1H3. The van der Waals surface area contributed by atoms with Gasteiger partial charge in [-0.2, -0.15) is 0 Å². The second kappa shape index (κ2) is 7.61. The Labute approximate surface area is 143 Å². The molecule has 0 aliphatic carbocycles. The predicted molar refractivity (Wildman–Crippen MR) is 82.1 cm³/mol. The van der Waals surface area contributed by atoms with Crippen LogP contribution >= 0.6 is 0 Å². The van der Waals surface area contributed by atoms with Crippen LogP contribution in [0.1, 0.15) is 18.4 Å². The maximum Gasteiger partial charge on any atom is 0.573 e. The van der Waals surface area contributed by atoms with Crippen LogP contribution < -0.4 is 4.74 Å². The Bertz CT molecular complexity index is 695. The van der Waals surface area contributed by atoms with Crippen LogP contribution in [-0.4, -0.2) is 44.4 Å². The quantitative estimate of drug-likeness (QED) is 0.732. The third kappa shape index (κ3) is 6.20. The highest BCUT2D eigenvalue weighted by Crippen LogP contribution is 2.24. The summed E-state index contributed by atoms with van der Waals surface area (Å²) in [6.07, 6.45) is -2.87. The molecular formula is C15H18F3NO5S. The molecule has 140 valence electrons. The van der Waals surface area contributed by atoms with E-state index in [2.05, 4.69) is 4.74 Å². The molecule has 1 heterocycles. The maximum atomic E-state index is 12.1. The molecule has 2 rings (SSSR count). The number of halogens is 3. The summed E-state index contributed by atoms with van der Waals surface area (Å²) in [5.74, 6) is -1.18. The van der Waals surface area contributed by atoms with Crippen molar-refractivity contribution in [3.8, 4) is 5.75 Å². The summed E-state index contributed by atoms with van der Waals surface area (Å²) in [6, 6.07) is 5.03. The van der Waals surface area contributed by atoms with Crippen molar-refractivity contribution in [3.63, 3.8) is 0 Å². The number of carbonyl (C=O) groups is 1. The van der Waals surface area contributed by atoms with E-state index in [-0.39, 0.29) is 31.4 Å². The van der Waals surface area contributed by atoms with Gasteiger partial charge in [0.05, 0.1) is 12.2 Å². The lowest BCUT2D eigenvalue weighted by atomic mass is 9.98. The Balaban J connectivity index is 1.81. The number of hydrogen-bond acceptors (Lipinski definition) is 5. The van der Waals surface area contributed by atoms with Crippen LogP contribution in [0.5, 0.6) is 5.75 Å². The number of hydrogen-bond donors (Lipinski definition) is 0. The zero-order valence-corrected chi connectivity index (χ0v) is 14.3. The second-order valence-corrected chi connectivity index (χ2v) is 7.72. The zero-order valence-electron chi connectivity index (χ0n) is 13.5. The second-order valence-electron chi connectivity index (χ2n) is 5.74. The van der Waals surface area contributed by atoms with Crippen LogP contribution in [-0.2, 0) is 26.2 Å². The fourth-order valence-corrected chi connectivity index (χ4v) is 3.36. The molecule has 0 bridgehead atoms. The van der Waals surface area contributed by atoms with Crippen molar-refractivity contribution < 1.29 is 35.9 Å². The van der Waals surface area contributed by atoms with E-state index in [0.29, 0.717) is 18.4 Å². The largest absolute Gasteiger partial charge is 0.573 e. The summed E-state index contributed by atoms with van der Waals surface area (Å²) >= 11 is 0. The molecule has 0 unspecified atom stereocenters. The normalized spacial score (nSPS) is 17.3. The fourth-order valence-electron chi connectivity index (χ4n) is 2.48. The predicted octanol–water partition coefficient (Wildman–Crippen LogP) is 2.30. The number of nitrogens with zero attached hydrogens (tertiary/aromatic N) is 1. The van der Waals surface area contributed by atoms with Crippen LogP contribution in [0, 0.1) is 5.92 Å². The minimum absolute atomic E-state index is 0.0720. The Morgan fingerprint density at radius 2 is 1.76 bits per heavy atom. The molecule has 1 aliphatic rings. The van der Waals surface area contributed by atoms with Crippen LogP contribution in [0.15, 0.2) is 24.3 Å². The van der Waals surface area contributed by atoms with Crippen LogP contribution in [0.4, 0.5) is 13.2 Å². The average Bonchev–Trinajstić information content (AvgIpc) is 2.52. The summed E-state index contributed by atoms with van der Waals surface area (Å²) in [5.41, 5.74) is 0.524. The molecule has 0 N–H and O–H groups in total. The molecule has 0 spiro atoms. The van der Waals surface area contributed by atoms with Gasteiger partial charge >= 0.3 is 12.3 Å². The van der Waals surface area contributed by atoms with Gasteiger partial charge in [-0.3, -0.25) is 4.79 Å². The van der Waals surface area contributed by atoms with Gasteiger partial charge in [-0.05, 0) is 30.5 Å². The smallest absolute Gasteiger partial charge is 0.461 e. The zero-order chi connectivity index (χ0) is 18.7. The van der Waals surface area contributed by atoms with Crippen molar-refractivity contribution in [2.24, 2.45) is 5.92 Å². The number of ether oxygens (including phenoxy) is 2. The lowest BCUT2D eigenvalue weighted by Crippen LogP contribution is -2.40. The highest BCUT2D eigenvalue weighted by Gasteiger charge is 2.31. The number of piperidine rings is 1. The molecule has 6 nitrogen and oxygen atoms in total. The topological polar surface area (TPSA) is 72.9 Å².